The summed E-state index contributed by atoms with van der Waals surface area (Å²) < 4.78 is 13.9. The van der Waals surface area contributed by atoms with Crippen LogP contribution in [-0.2, 0) is 30.4 Å². The van der Waals surface area contributed by atoms with Crippen LogP contribution in [0, 0.1) is 0 Å². The summed E-state index contributed by atoms with van der Waals surface area (Å²) in [7, 11) is 5.81. The van der Waals surface area contributed by atoms with Crippen LogP contribution in [-0.4, -0.2) is 87.6 Å². The van der Waals surface area contributed by atoms with Gasteiger partial charge in [0.05, 0.1) is 0 Å². The number of amides is 3. The van der Waals surface area contributed by atoms with Gasteiger partial charge in [0.1, 0.15) is 0 Å². The number of hydrazine groups is 2. The Morgan fingerprint density at radius 3 is 2.33 bits per heavy atom. The SMILES string of the molecule is COC(=O)NNC1(C)N(NC(=O)OCc2ccccc2)C(C)=C(C(=O)OC)C12[Se]C(N(C)C)=NC2=O. The number of carbonyl (C=O) groups excluding carboxylic acids is 4. The molecule has 36 heavy (non-hydrogen) atoms. The number of hydrogen-bond donors (Lipinski definition) is 3. The molecule has 2 aliphatic rings. The first-order chi connectivity index (χ1) is 17.0. The van der Waals surface area contributed by atoms with Crippen molar-refractivity contribution in [1.82, 2.24) is 26.2 Å². The zero-order valence-corrected chi connectivity index (χ0v) is 22.4. The van der Waals surface area contributed by atoms with Gasteiger partial charge in [0.25, 0.3) is 0 Å². The van der Waals surface area contributed by atoms with E-state index in [1.165, 1.54) is 19.2 Å². The molecule has 2 atom stereocenters. The minimum absolute atomic E-state index is 0.000579. The van der Waals surface area contributed by atoms with Gasteiger partial charge in [0.2, 0.25) is 0 Å². The number of carbonyl (C=O) groups is 4. The molecule has 3 N–H and O–H groups in total. The van der Waals surface area contributed by atoms with Crippen molar-refractivity contribution in [2.45, 2.75) is 30.4 Å². The molecule has 0 radical (unpaired) electrons. The summed E-state index contributed by atoms with van der Waals surface area (Å²) in [4.78, 5) is 57.3. The van der Waals surface area contributed by atoms with Crippen molar-refractivity contribution in [1.29, 1.82) is 0 Å². The van der Waals surface area contributed by atoms with Crippen molar-refractivity contribution in [3.8, 4) is 0 Å². The van der Waals surface area contributed by atoms with Gasteiger partial charge < -0.3 is 0 Å². The summed E-state index contributed by atoms with van der Waals surface area (Å²) in [5, 5.41) is 1.27. The number of benzene rings is 1. The predicted molar refractivity (Wildman–Crippen MR) is 128 cm³/mol. The fraction of sp³-hybridized carbons (Fsp3) is 0.409. The first kappa shape index (κ1) is 27.0. The van der Waals surface area contributed by atoms with Gasteiger partial charge in [0, 0.05) is 0 Å². The number of methoxy groups -OCH3 is 2. The van der Waals surface area contributed by atoms with Gasteiger partial charge in [-0.15, -0.1) is 0 Å². The number of nitrogens with zero attached hydrogens (tertiary/aromatic N) is 3. The molecule has 0 bridgehead atoms. The number of nitrogens with one attached hydrogen (secondary N) is 3. The van der Waals surface area contributed by atoms with Crippen molar-refractivity contribution in [2.75, 3.05) is 28.3 Å². The monoisotopic (exact) mass is 568 g/mol. The third-order valence-corrected chi connectivity index (χ3v) is 9.32. The summed E-state index contributed by atoms with van der Waals surface area (Å²) in [6.45, 7) is 3.08. The average Bonchev–Trinajstić information content (AvgIpc) is 3.30. The standard InChI is InChI=1S/C22H28N6O7Se/c1-13-15(16(29)33-5)22(17(30)23-18(36-22)27(3)4)21(2,26-24-19(31)34-6)28(13)25-20(32)35-12-14-10-8-7-9-11-14/h7-11,26H,12H2,1-6H3,(H,24,31)(H,25,32). The van der Waals surface area contributed by atoms with Crippen LogP contribution in [0.2, 0.25) is 4.31 Å². The van der Waals surface area contributed by atoms with E-state index >= 15 is 0 Å². The molecule has 2 unspecified atom stereocenters. The Kier molecular flexibility index (Phi) is 7.92. The number of aliphatic imine (C=N–C) groups is 1. The molecule has 0 fully saturated rings. The summed E-state index contributed by atoms with van der Waals surface area (Å²) >= 11 is -0.776. The van der Waals surface area contributed by atoms with E-state index in [4.69, 9.17) is 9.47 Å². The molecule has 2 aliphatic heterocycles. The maximum atomic E-state index is 13.6. The molecule has 0 saturated carbocycles. The molecule has 3 rings (SSSR count). The Bertz CT molecular complexity index is 1130. The molecular formula is C22H28N6O7Se. The Morgan fingerprint density at radius 2 is 1.78 bits per heavy atom. The number of allylic oxidation sites excluding steroid dienone is 1. The van der Waals surface area contributed by atoms with Gasteiger partial charge >= 0.3 is 214 Å². The number of ether oxygens (including phenoxy) is 3. The van der Waals surface area contributed by atoms with E-state index < -0.39 is 49.0 Å². The zero-order chi connectivity index (χ0) is 26.7. The molecule has 1 aromatic rings. The predicted octanol–water partition coefficient (Wildman–Crippen LogP) is 0.488. The molecule has 0 aromatic heterocycles. The molecule has 2 heterocycles. The van der Waals surface area contributed by atoms with E-state index in [-0.39, 0.29) is 17.9 Å². The van der Waals surface area contributed by atoms with E-state index in [0.717, 1.165) is 5.56 Å². The first-order valence-corrected chi connectivity index (χ1v) is 12.4. The van der Waals surface area contributed by atoms with E-state index in [0.29, 0.717) is 4.73 Å². The number of esters is 1. The normalized spacial score (nSPS) is 22.9. The molecule has 1 spiro atoms. The van der Waals surface area contributed by atoms with Gasteiger partial charge in [-0.1, -0.05) is 0 Å². The second kappa shape index (κ2) is 10.6. The molecule has 194 valence electrons. The zero-order valence-electron chi connectivity index (χ0n) is 20.7. The third-order valence-electron chi connectivity index (χ3n) is 5.71. The van der Waals surface area contributed by atoms with Gasteiger partial charge in [0.15, 0.2) is 0 Å². The fourth-order valence-corrected chi connectivity index (χ4v) is 6.85. The summed E-state index contributed by atoms with van der Waals surface area (Å²) in [5.74, 6) is -1.40. The Hall–Kier alpha value is -3.61. The van der Waals surface area contributed by atoms with E-state index in [1.54, 1.807) is 45.0 Å². The average molecular weight is 567 g/mol. The molecule has 0 aliphatic carbocycles. The molecular weight excluding hydrogens is 539 g/mol. The summed E-state index contributed by atoms with van der Waals surface area (Å²) in [6, 6.07) is 9.05. The second-order valence-electron chi connectivity index (χ2n) is 8.15. The van der Waals surface area contributed by atoms with Crippen LogP contribution in [0.1, 0.15) is 19.4 Å². The third kappa shape index (κ3) is 4.62. The van der Waals surface area contributed by atoms with Crippen molar-refractivity contribution in [3.63, 3.8) is 0 Å². The molecule has 13 nitrogen and oxygen atoms in total. The van der Waals surface area contributed by atoms with Gasteiger partial charge in [-0.2, -0.15) is 0 Å². The van der Waals surface area contributed by atoms with Crippen LogP contribution in [0.25, 0.3) is 0 Å². The van der Waals surface area contributed by atoms with E-state index in [1.807, 2.05) is 18.2 Å². The van der Waals surface area contributed by atoms with Crippen LogP contribution < -0.4 is 16.3 Å². The van der Waals surface area contributed by atoms with Crippen LogP contribution in [0.5, 0.6) is 0 Å². The molecule has 0 saturated heterocycles. The molecule has 14 heteroatoms. The Labute approximate surface area is 214 Å². The van der Waals surface area contributed by atoms with Crippen molar-refractivity contribution >= 4 is 43.8 Å². The second-order valence-corrected chi connectivity index (χ2v) is 10.6. The quantitative estimate of drug-likeness (QED) is 0.192. The summed E-state index contributed by atoms with van der Waals surface area (Å²) in [5.41, 5.74) is 7.11. The number of hydrogen-bond acceptors (Lipinski definition) is 10. The van der Waals surface area contributed by atoms with Gasteiger partial charge in [-0.3, -0.25) is 0 Å². The maximum absolute atomic E-state index is 13.6. The van der Waals surface area contributed by atoms with E-state index in [9.17, 15) is 19.2 Å². The van der Waals surface area contributed by atoms with Crippen molar-refractivity contribution in [3.05, 3.63) is 47.2 Å². The van der Waals surface area contributed by atoms with Crippen LogP contribution in [0.15, 0.2) is 46.6 Å². The molecule has 3 amide bonds. The Balaban J connectivity index is 2.03. The van der Waals surface area contributed by atoms with Gasteiger partial charge in [-0.05, 0) is 0 Å². The number of rotatable bonds is 6. The molecule has 1 aromatic carbocycles. The van der Waals surface area contributed by atoms with Crippen LogP contribution in [0.4, 0.5) is 9.59 Å². The van der Waals surface area contributed by atoms with Gasteiger partial charge in [-0.25, -0.2) is 0 Å². The van der Waals surface area contributed by atoms with Crippen molar-refractivity contribution in [2.24, 2.45) is 4.99 Å². The first-order valence-electron chi connectivity index (χ1n) is 10.7. The van der Waals surface area contributed by atoms with Crippen molar-refractivity contribution < 1.29 is 33.4 Å². The minimum atomic E-state index is -1.62. The Morgan fingerprint density at radius 1 is 1.11 bits per heavy atom. The number of amidine groups is 1. The van der Waals surface area contributed by atoms with Crippen LogP contribution in [0.3, 0.4) is 0 Å². The summed E-state index contributed by atoms with van der Waals surface area (Å²) in [6.07, 6.45) is -1.70. The topological polar surface area (TPSA) is 151 Å². The fourth-order valence-electron chi connectivity index (χ4n) is 3.93. The van der Waals surface area contributed by atoms with E-state index in [2.05, 4.69) is 26.0 Å². The van der Waals surface area contributed by atoms with Crippen LogP contribution >= 0.6 is 0 Å².